The predicted molar refractivity (Wildman–Crippen MR) is 295 cm³/mol. The van der Waals surface area contributed by atoms with Crippen LogP contribution in [0.2, 0.25) is 0 Å². The number of hydrogen-bond acceptors (Lipinski definition) is 23. The second-order valence-corrected chi connectivity index (χ2v) is 18.1. The molecule has 0 aliphatic heterocycles. The van der Waals surface area contributed by atoms with Crippen molar-refractivity contribution in [2.75, 3.05) is 100.0 Å². The van der Waals surface area contributed by atoms with Crippen LogP contribution in [0.1, 0.15) is 145 Å². The van der Waals surface area contributed by atoms with Crippen molar-refractivity contribution in [3.05, 3.63) is 0 Å². The molecule has 0 heterocycles. The van der Waals surface area contributed by atoms with Crippen molar-refractivity contribution < 1.29 is 71.6 Å². The Balaban J connectivity index is 4.98. The van der Waals surface area contributed by atoms with Gasteiger partial charge in [-0.05, 0) is 93.0 Å². The number of nitrogens with one attached hydrogen (secondary N) is 2. The molecule has 0 aliphatic rings. The number of carbonyl (C=O) groups excluding carboxylic acids is 10. The largest absolute Gasteiger partial charge is 0.464 e. The zero-order chi connectivity index (χ0) is 58.7. The van der Waals surface area contributed by atoms with Crippen LogP contribution in [0.5, 0.6) is 0 Å². The van der Waals surface area contributed by atoms with E-state index in [2.05, 4.69) is 41.0 Å². The van der Waals surface area contributed by atoms with E-state index in [0.29, 0.717) is 75.4 Å². The Hall–Kier alpha value is -6.76. The summed E-state index contributed by atoms with van der Waals surface area (Å²) in [7, 11) is 4.95. The lowest BCUT2D eigenvalue weighted by Crippen LogP contribution is -2.35. The first-order valence-corrected chi connectivity index (χ1v) is 26.4. The van der Waals surface area contributed by atoms with Gasteiger partial charge in [-0.1, -0.05) is 6.92 Å². The number of ether oxygens (including phenoxy) is 5. The van der Waals surface area contributed by atoms with Crippen LogP contribution >= 0.6 is 0 Å². The van der Waals surface area contributed by atoms with E-state index in [-0.39, 0.29) is 134 Å². The summed E-state index contributed by atoms with van der Waals surface area (Å²) in [6, 6.07) is 0. The summed E-state index contributed by atoms with van der Waals surface area (Å²) in [6.45, 7) is 13.6. The van der Waals surface area contributed by atoms with Crippen molar-refractivity contribution in [3.63, 3.8) is 0 Å². The quantitative estimate of drug-likeness (QED) is 0.0289. The fraction of sp³-hybridized carbons (Fsp3) is 0.698. The summed E-state index contributed by atoms with van der Waals surface area (Å²) in [5.74, 6) is -5.51. The SMILES string of the molecule is CCC(=O)C(=O)N/N=C(\C)CCC(=O)CCCN(CCOC(=O)CCC(C)=NC)CCOC(=O)CC/C(C)=N/NC(=O)C(=O)CN=C(C)CCC(=O)OCCN(CCOC(=O)CCC(C)=NC)CCOC(=O)CCC(C)=NC. The first-order valence-electron chi connectivity index (χ1n) is 26.4. The maximum atomic E-state index is 12.6. The van der Waals surface area contributed by atoms with Gasteiger partial charge in [0, 0.05) is 107 Å². The van der Waals surface area contributed by atoms with E-state index < -0.39 is 41.9 Å². The van der Waals surface area contributed by atoms with Gasteiger partial charge in [-0.15, -0.1) is 0 Å². The zero-order valence-electron chi connectivity index (χ0n) is 47.8. The van der Waals surface area contributed by atoms with E-state index in [4.69, 9.17) is 23.7 Å². The molecule has 25 nitrogen and oxygen atoms in total. The average Bonchev–Trinajstić information content (AvgIpc) is 3.42. The molecule has 0 unspecified atom stereocenters. The Labute approximate surface area is 459 Å². The van der Waals surface area contributed by atoms with E-state index >= 15 is 0 Å². The van der Waals surface area contributed by atoms with Crippen LogP contribution in [-0.2, 0) is 71.6 Å². The fourth-order valence-electron chi connectivity index (χ4n) is 6.22. The highest BCUT2D eigenvalue weighted by Crippen LogP contribution is 2.06. The third kappa shape index (κ3) is 39.6. The highest BCUT2D eigenvalue weighted by atomic mass is 16.5. The molecule has 0 bridgehead atoms. The monoisotopic (exact) mass is 1100 g/mol. The van der Waals surface area contributed by atoms with Crippen LogP contribution in [0.4, 0.5) is 0 Å². The van der Waals surface area contributed by atoms with Crippen LogP contribution in [-0.4, -0.2) is 203 Å². The summed E-state index contributed by atoms with van der Waals surface area (Å²) < 4.78 is 26.9. The Morgan fingerprint density at radius 2 is 0.679 bits per heavy atom. The minimum absolute atomic E-state index is 0.00529. The van der Waals surface area contributed by atoms with E-state index in [1.165, 1.54) is 0 Å². The van der Waals surface area contributed by atoms with Gasteiger partial charge in [0.15, 0.2) is 0 Å². The molecule has 0 aliphatic carbocycles. The zero-order valence-corrected chi connectivity index (χ0v) is 47.8. The van der Waals surface area contributed by atoms with Gasteiger partial charge in [-0.25, -0.2) is 10.9 Å². The van der Waals surface area contributed by atoms with Crippen LogP contribution in [0, 0.1) is 0 Å². The number of rotatable bonds is 44. The molecule has 2 amide bonds. The molecule has 0 aromatic heterocycles. The topological polar surface area (TPSA) is 322 Å². The molecule has 0 rings (SSSR count). The lowest BCUT2D eigenvalue weighted by molar-refractivity contribution is -0.146. The lowest BCUT2D eigenvalue weighted by Gasteiger charge is -2.22. The number of carbonyl (C=O) groups is 10. The molecule has 0 atom stereocenters. The molecule has 0 fully saturated rings. The van der Waals surface area contributed by atoms with E-state index in [1.54, 1.807) is 48.8 Å². The molecule has 0 spiro atoms. The highest BCUT2D eigenvalue weighted by molar-refractivity contribution is 6.37. The van der Waals surface area contributed by atoms with Gasteiger partial charge < -0.3 is 23.7 Å². The van der Waals surface area contributed by atoms with Gasteiger partial charge in [0.1, 0.15) is 45.4 Å². The second kappa shape index (κ2) is 44.2. The highest BCUT2D eigenvalue weighted by Gasteiger charge is 2.17. The predicted octanol–water partition coefficient (Wildman–Crippen LogP) is 3.60. The number of esters is 5. The smallest absolute Gasteiger partial charge is 0.309 e. The lowest BCUT2D eigenvalue weighted by atomic mass is 10.1. The molecule has 0 aromatic rings. The molecule has 2 N–H and O–H groups in total. The summed E-state index contributed by atoms with van der Waals surface area (Å²) in [5.41, 5.74) is 8.11. The van der Waals surface area contributed by atoms with Crippen molar-refractivity contribution in [3.8, 4) is 0 Å². The van der Waals surface area contributed by atoms with Gasteiger partial charge >= 0.3 is 41.7 Å². The van der Waals surface area contributed by atoms with Crippen LogP contribution in [0.25, 0.3) is 0 Å². The Morgan fingerprint density at radius 1 is 0.372 bits per heavy atom. The standard InChI is InChI=1S/C53H86N10O15/c1-11-45(65)52(72)60-58-42(6)14-20-44(64)13-12-26-62(27-32-74-47(67)21-15-38(2)54-8)28-33-75-51(71)25-19-43(7)59-61-53(73)46(66)37-57-41(5)18-24-50(70)78-36-31-63(29-34-76-48(68)22-16-39(3)55-9)30-35-77-49(69)23-17-40(4)56-10/h11-37H2,1-10H3,(H,60,72)(H,61,73)/b54-38?,55-39?,56-40?,57-41?,58-42+,59-43+. The van der Waals surface area contributed by atoms with Gasteiger partial charge in [-0.3, -0.25) is 77.7 Å². The van der Waals surface area contributed by atoms with Gasteiger partial charge in [0.25, 0.3) is 0 Å². The number of aliphatic imine (C=N–C) groups is 4. The third-order valence-electron chi connectivity index (χ3n) is 11.7. The maximum absolute atomic E-state index is 12.6. The maximum Gasteiger partial charge on any atom is 0.309 e. The first kappa shape index (κ1) is 71.2. The molecule has 25 heteroatoms. The Morgan fingerprint density at radius 3 is 1.03 bits per heavy atom. The number of hydrogen-bond donors (Lipinski definition) is 2. The van der Waals surface area contributed by atoms with Crippen molar-refractivity contribution >= 4 is 93.3 Å². The molecule has 0 aromatic carbocycles. The first-order chi connectivity index (χ1) is 37.1. The van der Waals surface area contributed by atoms with Gasteiger partial charge in [0.05, 0.1) is 32.1 Å². The number of amides is 2. The molecule has 78 heavy (non-hydrogen) atoms. The molecular formula is C53H86N10O15. The Bertz CT molecular complexity index is 2110. The summed E-state index contributed by atoms with van der Waals surface area (Å²) >= 11 is 0. The number of ketones is 3. The average molecular weight is 1100 g/mol. The van der Waals surface area contributed by atoms with E-state index in [0.717, 1.165) is 17.1 Å². The van der Waals surface area contributed by atoms with Gasteiger partial charge in [-0.2, -0.15) is 10.2 Å². The summed E-state index contributed by atoms with van der Waals surface area (Å²) in [6.07, 6.45) is 3.45. The third-order valence-corrected chi connectivity index (χ3v) is 11.7. The molecule has 0 saturated carbocycles. The van der Waals surface area contributed by atoms with Crippen LogP contribution in [0.3, 0.4) is 0 Å². The van der Waals surface area contributed by atoms with E-state index in [1.807, 2.05) is 30.6 Å². The van der Waals surface area contributed by atoms with Crippen molar-refractivity contribution in [2.45, 2.75) is 145 Å². The number of nitrogens with zero attached hydrogens (tertiary/aromatic N) is 8. The summed E-state index contributed by atoms with van der Waals surface area (Å²) in [4.78, 5) is 142. The van der Waals surface area contributed by atoms with Crippen molar-refractivity contribution in [2.24, 2.45) is 30.2 Å². The van der Waals surface area contributed by atoms with Gasteiger partial charge in [0.2, 0.25) is 11.6 Å². The van der Waals surface area contributed by atoms with Crippen molar-refractivity contribution in [1.82, 2.24) is 20.7 Å². The number of Topliss-reactive ketones (excluding diaryl/α,β-unsaturated/α-hetero) is 3. The van der Waals surface area contributed by atoms with Crippen LogP contribution < -0.4 is 10.9 Å². The minimum atomic E-state index is -1.02. The summed E-state index contributed by atoms with van der Waals surface area (Å²) in [5, 5.41) is 7.78. The minimum Gasteiger partial charge on any atom is -0.464 e. The van der Waals surface area contributed by atoms with E-state index in [9.17, 15) is 47.9 Å². The Kier molecular flexibility index (Phi) is 40.4. The molecule has 0 saturated heterocycles. The van der Waals surface area contributed by atoms with Crippen molar-refractivity contribution in [1.29, 1.82) is 0 Å². The normalized spacial score (nSPS) is 12.5. The second-order valence-electron chi connectivity index (χ2n) is 18.1. The molecule has 438 valence electrons. The fourth-order valence-corrected chi connectivity index (χ4v) is 6.22. The van der Waals surface area contributed by atoms with Crippen LogP contribution in [0.15, 0.2) is 30.2 Å². The number of hydrazone groups is 2. The molecular weight excluding hydrogens is 1020 g/mol. The molecule has 0 radical (unpaired) electrons.